The van der Waals surface area contributed by atoms with E-state index in [2.05, 4.69) is 41.4 Å². The molecule has 1 aromatic heterocycles. The van der Waals surface area contributed by atoms with E-state index < -0.39 is 5.79 Å². The summed E-state index contributed by atoms with van der Waals surface area (Å²) in [6, 6.07) is 24.5. The number of aryl methyl sites for hydroxylation is 1. The van der Waals surface area contributed by atoms with E-state index in [9.17, 15) is 0 Å². The summed E-state index contributed by atoms with van der Waals surface area (Å²) in [4.78, 5) is 5.39. The Morgan fingerprint density at radius 3 is 2.23 bits per heavy atom. The second-order valence-corrected chi connectivity index (χ2v) is 10.6. The van der Waals surface area contributed by atoms with Crippen LogP contribution in [-0.2, 0) is 22.4 Å². The normalized spacial score (nSPS) is 19.8. The van der Waals surface area contributed by atoms with Crippen LogP contribution < -0.4 is 0 Å². The van der Waals surface area contributed by atoms with Crippen LogP contribution in [0.1, 0.15) is 12.0 Å². The van der Waals surface area contributed by atoms with Crippen molar-refractivity contribution in [3.8, 4) is 11.1 Å². The average Bonchev–Trinajstić information content (AvgIpc) is 3.54. The zero-order chi connectivity index (χ0) is 24.1. The van der Waals surface area contributed by atoms with Crippen LogP contribution in [0.5, 0.6) is 0 Å². The lowest BCUT2D eigenvalue weighted by molar-refractivity contribution is -0.180. The fourth-order valence-electron chi connectivity index (χ4n) is 4.21. The highest BCUT2D eigenvalue weighted by Crippen LogP contribution is 2.34. The number of nitrogens with zero attached hydrogens (tertiary/aromatic N) is 2. The summed E-state index contributed by atoms with van der Waals surface area (Å²) in [5.74, 6) is 0.150. The monoisotopic (exact) mass is 524 g/mol. The van der Waals surface area contributed by atoms with Crippen molar-refractivity contribution >= 4 is 35.0 Å². The van der Waals surface area contributed by atoms with Crippen molar-refractivity contribution in [2.75, 3.05) is 12.4 Å². The predicted octanol–water partition coefficient (Wildman–Crippen LogP) is 7.39. The zero-order valence-electron chi connectivity index (χ0n) is 19.1. The summed E-state index contributed by atoms with van der Waals surface area (Å²) in [6.07, 6.45) is 7.15. The maximum atomic E-state index is 6.56. The van der Waals surface area contributed by atoms with Crippen molar-refractivity contribution in [1.29, 1.82) is 0 Å². The highest BCUT2D eigenvalue weighted by Gasteiger charge is 2.41. The smallest absolute Gasteiger partial charge is 0.187 e. The maximum absolute atomic E-state index is 6.56. The lowest BCUT2D eigenvalue weighted by Crippen LogP contribution is -2.37. The molecule has 0 N–H and O–H groups in total. The van der Waals surface area contributed by atoms with E-state index in [1.807, 2.05) is 47.2 Å². The molecule has 1 aliphatic heterocycles. The molecule has 0 radical (unpaired) electrons. The minimum atomic E-state index is -0.677. The SMILES string of the molecule is Clc1ccc(CCC2(Cn3ccnc3)OCC(CSc3ccc(-c4ccc(Cl)cc4)cc3)O2)cc1. The van der Waals surface area contributed by atoms with Crippen molar-refractivity contribution in [1.82, 2.24) is 9.55 Å². The van der Waals surface area contributed by atoms with E-state index in [4.69, 9.17) is 32.7 Å². The third kappa shape index (κ3) is 6.49. The molecule has 2 atom stereocenters. The van der Waals surface area contributed by atoms with Crippen molar-refractivity contribution in [3.05, 3.63) is 107 Å². The van der Waals surface area contributed by atoms with Gasteiger partial charge < -0.3 is 14.0 Å². The minimum absolute atomic E-state index is 0.0182. The lowest BCUT2D eigenvalue weighted by atomic mass is 10.0. The molecule has 5 rings (SSSR count). The van der Waals surface area contributed by atoms with E-state index in [0.29, 0.717) is 13.2 Å². The Labute approximate surface area is 220 Å². The first-order valence-corrected chi connectivity index (χ1v) is 13.3. The Kier molecular flexibility index (Phi) is 7.81. The molecule has 0 aliphatic carbocycles. The van der Waals surface area contributed by atoms with Crippen LogP contribution in [0.3, 0.4) is 0 Å². The molecule has 0 bridgehead atoms. The van der Waals surface area contributed by atoms with Gasteiger partial charge in [0.1, 0.15) is 0 Å². The van der Waals surface area contributed by atoms with Gasteiger partial charge in [-0.3, -0.25) is 0 Å². The van der Waals surface area contributed by atoms with Crippen LogP contribution >= 0.6 is 35.0 Å². The molecule has 1 saturated heterocycles. The minimum Gasteiger partial charge on any atom is -0.345 e. The molecule has 0 saturated carbocycles. The Morgan fingerprint density at radius 2 is 1.57 bits per heavy atom. The molecule has 2 heterocycles. The molecule has 180 valence electrons. The summed E-state index contributed by atoms with van der Waals surface area (Å²) in [5.41, 5.74) is 3.54. The predicted molar refractivity (Wildman–Crippen MR) is 143 cm³/mol. The Morgan fingerprint density at radius 1 is 0.914 bits per heavy atom. The Bertz CT molecular complexity index is 1220. The maximum Gasteiger partial charge on any atom is 0.187 e. The first-order valence-electron chi connectivity index (χ1n) is 11.6. The molecule has 2 unspecified atom stereocenters. The number of imidazole rings is 1. The van der Waals surface area contributed by atoms with Crippen LogP contribution in [0, 0.1) is 0 Å². The number of rotatable bonds is 9. The third-order valence-electron chi connectivity index (χ3n) is 6.07. The van der Waals surface area contributed by atoms with Crippen LogP contribution in [0.4, 0.5) is 0 Å². The summed E-state index contributed by atoms with van der Waals surface area (Å²) in [7, 11) is 0. The second kappa shape index (κ2) is 11.2. The second-order valence-electron chi connectivity index (χ2n) is 8.67. The Balaban J connectivity index is 1.20. The molecule has 7 heteroatoms. The number of aromatic nitrogens is 2. The summed E-state index contributed by atoms with van der Waals surface area (Å²) >= 11 is 13.8. The number of halogens is 2. The van der Waals surface area contributed by atoms with Crippen molar-refractivity contribution < 1.29 is 9.47 Å². The van der Waals surface area contributed by atoms with E-state index >= 15 is 0 Å². The van der Waals surface area contributed by atoms with Gasteiger partial charge in [-0.25, -0.2) is 4.98 Å². The van der Waals surface area contributed by atoms with Gasteiger partial charge in [0.15, 0.2) is 5.79 Å². The summed E-state index contributed by atoms with van der Waals surface area (Å²) in [5, 5.41) is 1.49. The summed E-state index contributed by atoms with van der Waals surface area (Å²) < 4.78 is 14.9. The van der Waals surface area contributed by atoms with E-state index in [0.717, 1.165) is 34.2 Å². The number of ether oxygens (including phenoxy) is 2. The van der Waals surface area contributed by atoms with Crippen molar-refractivity contribution in [3.63, 3.8) is 0 Å². The molecular formula is C28H26Cl2N2O2S. The van der Waals surface area contributed by atoms with Crippen LogP contribution in [0.25, 0.3) is 11.1 Å². The van der Waals surface area contributed by atoms with Gasteiger partial charge in [-0.1, -0.05) is 59.6 Å². The Hall–Kier alpha value is -2.28. The zero-order valence-corrected chi connectivity index (χ0v) is 21.5. The van der Waals surface area contributed by atoms with Crippen LogP contribution in [0.15, 0.2) is 96.4 Å². The highest BCUT2D eigenvalue weighted by atomic mass is 35.5. The van der Waals surface area contributed by atoms with Gasteiger partial charge in [-0.05, 0) is 59.5 Å². The van der Waals surface area contributed by atoms with Gasteiger partial charge in [0.25, 0.3) is 0 Å². The number of hydrogen-bond acceptors (Lipinski definition) is 4. The van der Waals surface area contributed by atoms with E-state index in [-0.39, 0.29) is 6.10 Å². The fraction of sp³-hybridized carbons (Fsp3) is 0.250. The van der Waals surface area contributed by atoms with Gasteiger partial charge in [-0.2, -0.15) is 0 Å². The highest BCUT2D eigenvalue weighted by molar-refractivity contribution is 7.99. The standard InChI is InChI=1S/C28H26Cl2N2O2S/c29-24-7-1-21(2-8-24)13-14-28(19-32-16-15-31-20-32)33-17-26(34-28)18-35-27-11-5-23(6-12-27)22-3-9-25(30)10-4-22/h1-12,15-16,20,26H,13-14,17-19H2. The first kappa shape index (κ1) is 24.4. The molecule has 1 fully saturated rings. The average molecular weight is 526 g/mol. The molecule has 3 aromatic carbocycles. The van der Waals surface area contributed by atoms with E-state index in [1.165, 1.54) is 16.0 Å². The number of hydrogen-bond donors (Lipinski definition) is 0. The number of benzene rings is 3. The van der Waals surface area contributed by atoms with Gasteiger partial charge >= 0.3 is 0 Å². The van der Waals surface area contributed by atoms with Crippen molar-refractivity contribution in [2.45, 2.75) is 36.2 Å². The molecule has 0 spiro atoms. The van der Waals surface area contributed by atoms with Gasteiger partial charge in [0, 0.05) is 39.5 Å². The third-order valence-corrected chi connectivity index (χ3v) is 7.72. The lowest BCUT2D eigenvalue weighted by Gasteiger charge is -2.28. The van der Waals surface area contributed by atoms with Crippen molar-refractivity contribution in [2.24, 2.45) is 0 Å². The van der Waals surface area contributed by atoms with Gasteiger partial charge in [-0.15, -0.1) is 11.8 Å². The van der Waals surface area contributed by atoms with Gasteiger partial charge in [0.05, 0.1) is 25.6 Å². The van der Waals surface area contributed by atoms with Crippen LogP contribution in [0.2, 0.25) is 10.0 Å². The molecule has 35 heavy (non-hydrogen) atoms. The molecule has 4 nitrogen and oxygen atoms in total. The van der Waals surface area contributed by atoms with Crippen LogP contribution in [-0.4, -0.2) is 33.8 Å². The molecular weight excluding hydrogens is 499 g/mol. The molecule has 0 amide bonds. The fourth-order valence-corrected chi connectivity index (χ4v) is 5.33. The largest absolute Gasteiger partial charge is 0.345 e. The topological polar surface area (TPSA) is 36.3 Å². The number of thioether (sulfide) groups is 1. The molecule has 1 aliphatic rings. The summed E-state index contributed by atoms with van der Waals surface area (Å²) in [6.45, 7) is 1.18. The first-order chi connectivity index (χ1) is 17.1. The molecule has 4 aromatic rings. The van der Waals surface area contributed by atoms with E-state index in [1.54, 1.807) is 24.3 Å². The van der Waals surface area contributed by atoms with Gasteiger partial charge in [0.2, 0.25) is 0 Å². The quantitative estimate of drug-likeness (QED) is 0.214.